The number of hydrogen-bond donors (Lipinski definition) is 3. The van der Waals surface area contributed by atoms with Crippen LogP contribution in [-0.2, 0) is 0 Å². The number of benzene rings is 2. The van der Waals surface area contributed by atoms with Crippen molar-refractivity contribution in [2.24, 2.45) is 0 Å². The van der Waals surface area contributed by atoms with Crippen LogP contribution < -0.4 is 16.0 Å². The fraction of sp³-hybridized carbons (Fsp3) is 0.208. The molecule has 5 rings (SSSR count). The molecule has 1 fully saturated rings. The number of imidazole rings is 1. The molecule has 1 saturated heterocycles. The summed E-state index contributed by atoms with van der Waals surface area (Å²) in [7, 11) is 0. The molecule has 2 aromatic carbocycles. The van der Waals surface area contributed by atoms with Crippen LogP contribution in [0.4, 0.5) is 31.7 Å². The number of alkyl halides is 2. The Kier molecular flexibility index (Phi) is 5.16. The van der Waals surface area contributed by atoms with Crippen molar-refractivity contribution in [3.63, 3.8) is 0 Å². The Hall–Kier alpha value is -4.01. The van der Waals surface area contributed by atoms with Gasteiger partial charge in [-0.15, -0.1) is 0 Å². The SMILES string of the molecule is N=Cc1ccc(-c2cn3ccnc3c(Nc3ccc(N4CCC(F)(F)CC4)cc3)n2)cc1N. The molecule has 0 saturated carbocycles. The lowest BCUT2D eigenvalue weighted by molar-refractivity contribution is -0.0220. The zero-order chi connectivity index (χ0) is 23.0. The van der Waals surface area contributed by atoms with E-state index in [1.54, 1.807) is 18.3 Å². The first-order valence-corrected chi connectivity index (χ1v) is 10.7. The van der Waals surface area contributed by atoms with Gasteiger partial charge in [-0.25, -0.2) is 18.7 Å². The second-order valence-corrected chi connectivity index (χ2v) is 8.14. The first-order chi connectivity index (χ1) is 15.9. The van der Waals surface area contributed by atoms with Gasteiger partial charge in [-0.05, 0) is 30.3 Å². The third-order valence-corrected chi connectivity index (χ3v) is 5.90. The summed E-state index contributed by atoms with van der Waals surface area (Å²) in [5, 5.41) is 10.7. The van der Waals surface area contributed by atoms with Crippen molar-refractivity contribution >= 4 is 34.7 Å². The highest BCUT2D eigenvalue weighted by Crippen LogP contribution is 2.32. The van der Waals surface area contributed by atoms with Crippen molar-refractivity contribution in [2.45, 2.75) is 18.8 Å². The first-order valence-electron chi connectivity index (χ1n) is 10.7. The number of nitrogens with zero attached hydrogens (tertiary/aromatic N) is 4. The van der Waals surface area contributed by atoms with Gasteiger partial charge in [-0.1, -0.05) is 12.1 Å². The van der Waals surface area contributed by atoms with Crippen molar-refractivity contribution in [2.75, 3.05) is 29.0 Å². The van der Waals surface area contributed by atoms with E-state index in [9.17, 15) is 8.78 Å². The first kappa shape index (κ1) is 20.9. The molecule has 2 aromatic heterocycles. The Morgan fingerprint density at radius 2 is 1.85 bits per heavy atom. The summed E-state index contributed by atoms with van der Waals surface area (Å²) in [5.41, 5.74) is 11.2. The summed E-state index contributed by atoms with van der Waals surface area (Å²) in [6, 6.07) is 13.1. The van der Waals surface area contributed by atoms with Gasteiger partial charge in [0.05, 0.1) is 5.69 Å². The average Bonchev–Trinajstić information content (AvgIpc) is 3.29. The topological polar surface area (TPSA) is 95.3 Å². The number of nitrogen functional groups attached to an aromatic ring is 1. The molecule has 4 N–H and O–H groups in total. The molecule has 0 radical (unpaired) electrons. The molecule has 33 heavy (non-hydrogen) atoms. The molecule has 0 unspecified atom stereocenters. The van der Waals surface area contributed by atoms with Crippen LogP contribution in [0, 0.1) is 5.41 Å². The Labute approximate surface area is 189 Å². The fourth-order valence-corrected chi connectivity index (χ4v) is 4.00. The van der Waals surface area contributed by atoms with E-state index in [1.165, 1.54) is 6.21 Å². The maximum absolute atomic E-state index is 13.4. The minimum Gasteiger partial charge on any atom is -0.398 e. The quantitative estimate of drug-likeness (QED) is 0.297. The van der Waals surface area contributed by atoms with E-state index in [0.29, 0.717) is 41.5 Å². The van der Waals surface area contributed by atoms with Gasteiger partial charge in [0.15, 0.2) is 11.5 Å². The molecule has 1 aliphatic heterocycles. The van der Waals surface area contributed by atoms with Crippen LogP contribution in [-0.4, -0.2) is 39.6 Å². The van der Waals surface area contributed by atoms with Crippen LogP contribution in [0.15, 0.2) is 61.1 Å². The van der Waals surface area contributed by atoms with Crippen molar-refractivity contribution in [1.29, 1.82) is 5.41 Å². The molecule has 3 heterocycles. The second-order valence-electron chi connectivity index (χ2n) is 8.14. The third-order valence-electron chi connectivity index (χ3n) is 5.90. The minimum atomic E-state index is -2.56. The van der Waals surface area contributed by atoms with Crippen LogP contribution in [0.25, 0.3) is 16.9 Å². The zero-order valence-electron chi connectivity index (χ0n) is 17.8. The summed E-state index contributed by atoms with van der Waals surface area (Å²) >= 11 is 0. The van der Waals surface area contributed by atoms with Gasteiger partial charge in [0, 0.05) is 78.9 Å². The highest BCUT2D eigenvalue weighted by atomic mass is 19.3. The van der Waals surface area contributed by atoms with E-state index >= 15 is 0 Å². The lowest BCUT2D eigenvalue weighted by Gasteiger charge is -2.33. The summed E-state index contributed by atoms with van der Waals surface area (Å²) in [6.45, 7) is 0.690. The fourth-order valence-electron chi connectivity index (χ4n) is 4.00. The molecule has 0 aliphatic carbocycles. The summed E-state index contributed by atoms with van der Waals surface area (Å²) < 4.78 is 28.8. The predicted molar refractivity (Wildman–Crippen MR) is 127 cm³/mol. The molecule has 1 aliphatic rings. The molecule has 0 bridgehead atoms. The van der Waals surface area contributed by atoms with Crippen LogP contribution >= 0.6 is 0 Å². The number of piperidine rings is 1. The monoisotopic (exact) mass is 447 g/mol. The number of anilines is 4. The second kappa shape index (κ2) is 8.16. The molecule has 7 nitrogen and oxygen atoms in total. The molecular weight excluding hydrogens is 424 g/mol. The van der Waals surface area contributed by atoms with Crippen LogP contribution in [0.1, 0.15) is 18.4 Å². The normalized spacial score (nSPS) is 15.5. The largest absolute Gasteiger partial charge is 0.398 e. The van der Waals surface area contributed by atoms with Crippen molar-refractivity contribution in [3.05, 3.63) is 66.6 Å². The number of rotatable bonds is 5. The summed E-state index contributed by atoms with van der Waals surface area (Å²) in [5.74, 6) is -1.98. The highest BCUT2D eigenvalue weighted by Gasteiger charge is 2.33. The summed E-state index contributed by atoms with van der Waals surface area (Å²) in [4.78, 5) is 11.1. The Morgan fingerprint density at radius 1 is 1.09 bits per heavy atom. The number of aromatic nitrogens is 3. The Balaban J connectivity index is 1.41. The smallest absolute Gasteiger partial charge is 0.251 e. The molecule has 4 aromatic rings. The molecular formula is C24H23F2N7. The Morgan fingerprint density at radius 3 is 2.55 bits per heavy atom. The van der Waals surface area contributed by atoms with Gasteiger partial charge in [0.1, 0.15) is 0 Å². The standard InChI is InChI=1S/C24H23F2N7/c25-24(26)7-10-32(11-8-24)19-5-3-18(4-6-19)30-22-23-29-9-12-33(23)15-21(31-22)16-1-2-17(14-27)20(28)13-16/h1-6,9,12-15,27H,7-8,10-11,28H2,(H,30,31). The van der Waals surface area contributed by atoms with Gasteiger partial charge in [0.25, 0.3) is 5.92 Å². The number of nitrogens with one attached hydrogen (secondary N) is 2. The van der Waals surface area contributed by atoms with Crippen LogP contribution in [0.3, 0.4) is 0 Å². The molecule has 0 amide bonds. The number of hydrogen-bond acceptors (Lipinski definition) is 6. The molecule has 9 heteroatoms. The van der Waals surface area contributed by atoms with E-state index in [-0.39, 0.29) is 12.8 Å². The van der Waals surface area contributed by atoms with Crippen molar-refractivity contribution < 1.29 is 8.78 Å². The molecule has 0 atom stereocenters. The maximum Gasteiger partial charge on any atom is 0.251 e. The van der Waals surface area contributed by atoms with Crippen LogP contribution in [0.5, 0.6) is 0 Å². The van der Waals surface area contributed by atoms with E-state index in [4.69, 9.17) is 16.1 Å². The predicted octanol–water partition coefficient (Wildman–Crippen LogP) is 4.96. The number of nitrogens with two attached hydrogens (primary N) is 1. The van der Waals surface area contributed by atoms with E-state index in [1.807, 2.05) is 52.0 Å². The lowest BCUT2D eigenvalue weighted by Crippen LogP contribution is -2.39. The molecule has 0 spiro atoms. The lowest BCUT2D eigenvalue weighted by atomic mass is 10.1. The van der Waals surface area contributed by atoms with Gasteiger partial charge in [-0.3, -0.25) is 0 Å². The average molecular weight is 447 g/mol. The summed E-state index contributed by atoms with van der Waals surface area (Å²) in [6.07, 6.45) is 6.41. The third kappa shape index (κ3) is 4.21. The van der Waals surface area contributed by atoms with Crippen molar-refractivity contribution in [1.82, 2.24) is 14.4 Å². The van der Waals surface area contributed by atoms with E-state index in [2.05, 4.69) is 10.3 Å². The Bertz CT molecular complexity index is 1300. The van der Waals surface area contributed by atoms with Crippen molar-refractivity contribution in [3.8, 4) is 11.3 Å². The highest BCUT2D eigenvalue weighted by molar-refractivity contribution is 5.87. The van der Waals surface area contributed by atoms with E-state index < -0.39 is 5.92 Å². The van der Waals surface area contributed by atoms with Gasteiger partial charge >= 0.3 is 0 Å². The zero-order valence-corrected chi connectivity index (χ0v) is 17.8. The van der Waals surface area contributed by atoms with Gasteiger partial charge < -0.3 is 25.8 Å². The number of halogens is 2. The van der Waals surface area contributed by atoms with Gasteiger partial charge in [-0.2, -0.15) is 0 Å². The van der Waals surface area contributed by atoms with E-state index in [0.717, 1.165) is 16.9 Å². The molecule has 168 valence electrons. The van der Waals surface area contributed by atoms with Crippen LogP contribution in [0.2, 0.25) is 0 Å². The van der Waals surface area contributed by atoms with Gasteiger partial charge in [0.2, 0.25) is 0 Å². The maximum atomic E-state index is 13.4. The number of fused-ring (bicyclic) bond motifs is 1. The minimum absolute atomic E-state index is 0.118.